The van der Waals surface area contributed by atoms with Crippen molar-refractivity contribution in [3.8, 4) is 0 Å². The first-order chi connectivity index (χ1) is 17.3. The summed E-state index contributed by atoms with van der Waals surface area (Å²) in [5.41, 5.74) is -1.06. The van der Waals surface area contributed by atoms with Crippen LogP contribution in [0.25, 0.3) is 0 Å². The van der Waals surface area contributed by atoms with E-state index in [4.69, 9.17) is 9.47 Å². The molecule has 1 aliphatic heterocycles. The van der Waals surface area contributed by atoms with Crippen molar-refractivity contribution >= 4 is 29.5 Å². The SMILES string of the molecule is C[C@H](C[C@@H](C)C(=O)N1c2ccccc2C(OC(=O)C(C)(C)C)[C@@]1(C)C(=O)O)C(=O)OCc1ccccc1. The lowest BCUT2D eigenvalue weighted by Crippen LogP contribution is -2.57. The highest BCUT2D eigenvalue weighted by Crippen LogP contribution is 2.50. The number of ether oxygens (including phenoxy) is 2. The van der Waals surface area contributed by atoms with Gasteiger partial charge in [-0.05, 0) is 45.7 Å². The van der Waals surface area contributed by atoms with Crippen molar-refractivity contribution in [1.29, 1.82) is 0 Å². The summed E-state index contributed by atoms with van der Waals surface area (Å²) < 4.78 is 11.2. The zero-order chi connectivity index (χ0) is 27.5. The second-order valence-corrected chi connectivity index (χ2v) is 10.9. The molecule has 1 N–H and O–H groups in total. The topological polar surface area (TPSA) is 110 Å². The van der Waals surface area contributed by atoms with Crippen LogP contribution in [0.3, 0.4) is 0 Å². The molecule has 1 amide bonds. The van der Waals surface area contributed by atoms with Gasteiger partial charge in [0.1, 0.15) is 6.61 Å². The Morgan fingerprint density at radius 3 is 2.16 bits per heavy atom. The van der Waals surface area contributed by atoms with Crippen LogP contribution in [0.4, 0.5) is 5.69 Å². The van der Waals surface area contributed by atoms with E-state index in [1.807, 2.05) is 30.3 Å². The molecule has 1 unspecified atom stereocenters. The highest BCUT2D eigenvalue weighted by Gasteiger charge is 2.59. The molecule has 0 fully saturated rings. The van der Waals surface area contributed by atoms with E-state index >= 15 is 0 Å². The number of carboxylic acid groups (broad SMARTS) is 1. The van der Waals surface area contributed by atoms with E-state index in [0.717, 1.165) is 5.56 Å². The molecule has 198 valence electrons. The summed E-state index contributed by atoms with van der Waals surface area (Å²) >= 11 is 0. The minimum atomic E-state index is -1.87. The van der Waals surface area contributed by atoms with E-state index in [-0.39, 0.29) is 13.0 Å². The number of benzene rings is 2. The average Bonchev–Trinajstić information content (AvgIpc) is 3.10. The van der Waals surface area contributed by atoms with Gasteiger partial charge in [-0.3, -0.25) is 19.3 Å². The van der Waals surface area contributed by atoms with Gasteiger partial charge in [-0.2, -0.15) is 0 Å². The maximum absolute atomic E-state index is 13.8. The third kappa shape index (κ3) is 5.68. The molecule has 0 spiro atoms. The fourth-order valence-corrected chi connectivity index (χ4v) is 4.42. The summed E-state index contributed by atoms with van der Waals surface area (Å²) in [4.78, 5) is 53.0. The smallest absolute Gasteiger partial charge is 0.334 e. The fourth-order valence-electron chi connectivity index (χ4n) is 4.42. The van der Waals surface area contributed by atoms with Gasteiger partial charge in [0.25, 0.3) is 0 Å². The first kappa shape index (κ1) is 27.9. The Kier molecular flexibility index (Phi) is 8.10. The third-order valence-electron chi connectivity index (χ3n) is 6.68. The number of nitrogens with zero attached hydrogens (tertiary/aromatic N) is 1. The van der Waals surface area contributed by atoms with Gasteiger partial charge in [0.15, 0.2) is 11.6 Å². The number of carbonyl (C=O) groups excluding carboxylic acids is 3. The maximum atomic E-state index is 13.8. The van der Waals surface area contributed by atoms with Crippen molar-refractivity contribution in [2.24, 2.45) is 17.3 Å². The molecule has 0 aromatic heterocycles. The fraction of sp³-hybridized carbons (Fsp3) is 0.448. The molecule has 1 heterocycles. The molecule has 4 atom stereocenters. The number of hydrogen-bond acceptors (Lipinski definition) is 6. The van der Waals surface area contributed by atoms with E-state index in [9.17, 15) is 24.3 Å². The van der Waals surface area contributed by atoms with Crippen LogP contribution in [-0.4, -0.2) is 34.5 Å². The molecular weight excluding hydrogens is 474 g/mol. The van der Waals surface area contributed by atoms with Crippen LogP contribution in [-0.2, 0) is 35.3 Å². The predicted octanol–water partition coefficient (Wildman–Crippen LogP) is 4.91. The summed E-state index contributed by atoms with van der Waals surface area (Å²) in [7, 11) is 0. The van der Waals surface area contributed by atoms with E-state index < -0.39 is 52.7 Å². The second kappa shape index (κ2) is 10.7. The Morgan fingerprint density at radius 1 is 0.973 bits per heavy atom. The number of carboxylic acids is 1. The molecule has 0 saturated heterocycles. The highest BCUT2D eigenvalue weighted by molar-refractivity contribution is 6.06. The van der Waals surface area contributed by atoms with Gasteiger partial charge >= 0.3 is 17.9 Å². The Hall–Kier alpha value is -3.68. The van der Waals surface area contributed by atoms with E-state index in [1.54, 1.807) is 58.9 Å². The summed E-state index contributed by atoms with van der Waals surface area (Å²) in [6, 6.07) is 16.0. The summed E-state index contributed by atoms with van der Waals surface area (Å²) in [5, 5.41) is 10.3. The molecule has 3 rings (SSSR count). The lowest BCUT2D eigenvalue weighted by molar-refractivity contribution is -0.168. The molecule has 2 aromatic rings. The van der Waals surface area contributed by atoms with Crippen LogP contribution in [0, 0.1) is 17.3 Å². The molecule has 1 aliphatic rings. The van der Waals surface area contributed by atoms with Crippen molar-refractivity contribution in [3.63, 3.8) is 0 Å². The molecular formula is C29H35NO7. The number of aliphatic carboxylic acids is 1. The number of esters is 2. The highest BCUT2D eigenvalue weighted by atomic mass is 16.6. The minimum absolute atomic E-state index is 0.129. The number of hydrogen-bond donors (Lipinski definition) is 1. The van der Waals surface area contributed by atoms with Crippen LogP contribution < -0.4 is 4.90 Å². The Balaban J connectivity index is 1.83. The molecule has 37 heavy (non-hydrogen) atoms. The first-order valence-electron chi connectivity index (χ1n) is 12.4. The van der Waals surface area contributed by atoms with Gasteiger partial charge in [0.2, 0.25) is 5.91 Å². The standard InChI is InChI=1S/C29H35NO7/c1-18(16-19(2)25(32)36-17-20-12-8-7-9-13-20)24(31)30-22-15-11-10-14-21(22)23(29(30,6)26(33)34)37-27(35)28(3,4)5/h7-15,18-19,23H,16-17H2,1-6H3,(H,33,34)/t18-,19-,23?,29+/m1/s1. The van der Waals surface area contributed by atoms with Crippen molar-refractivity contribution in [2.75, 3.05) is 4.90 Å². The third-order valence-corrected chi connectivity index (χ3v) is 6.68. The van der Waals surface area contributed by atoms with Gasteiger partial charge in [0, 0.05) is 11.5 Å². The quantitative estimate of drug-likeness (QED) is 0.503. The number of rotatable bonds is 8. The predicted molar refractivity (Wildman–Crippen MR) is 137 cm³/mol. The van der Waals surface area contributed by atoms with Crippen LogP contribution >= 0.6 is 0 Å². The maximum Gasteiger partial charge on any atom is 0.334 e. The van der Waals surface area contributed by atoms with Crippen molar-refractivity contribution in [3.05, 3.63) is 65.7 Å². The second-order valence-electron chi connectivity index (χ2n) is 10.9. The molecule has 8 nitrogen and oxygen atoms in total. The molecule has 8 heteroatoms. The number of amides is 1. The van der Waals surface area contributed by atoms with E-state index in [0.29, 0.717) is 11.3 Å². The molecule has 0 bridgehead atoms. The Labute approximate surface area is 217 Å². The van der Waals surface area contributed by atoms with Crippen LogP contribution in [0.15, 0.2) is 54.6 Å². The lowest BCUT2D eigenvalue weighted by Gasteiger charge is -2.37. The number of para-hydroxylation sites is 1. The number of anilines is 1. The van der Waals surface area contributed by atoms with E-state index in [2.05, 4.69) is 0 Å². The molecule has 0 saturated carbocycles. The normalized spacial score (nSPS) is 20.5. The largest absolute Gasteiger partial charge is 0.479 e. The summed E-state index contributed by atoms with van der Waals surface area (Å²) in [5.74, 6) is -4.09. The molecule has 0 radical (unpaired) electrons. The van der Waals surface area contributed by atoms with Crippen LogP contribution in [0.5, 0.6) is 0 Å². The van der Waals surface area contributed by atoms with Crippen LogP contribution in [0.1, 0.15) is 65.2 Å². The monoisotopic (exact) mass is 509 g/mol. The summed E-state index contributed by atoms with van der Waals surface area (Å²) in [6.07, 6.45) is -1.04. The zero-order valence-electron chi connectivity index (χ0n) is 22.2. The average molecular weight is 510 g/mol. The molecule has 0 aliphatic carbocycles. The van der Waals surface area contributed by atoms with Gasteiger partial charge in [0.05, 0.1) is 17.0 Å². The van der Waals surface area contributed by atoms with Gasteiger partial charge < -0.3 is 14.6 Å². The van der Waals surface area contributed by atoms with Gasteiger partial charge in [-0.15, -0.1) is 0 Å². The number of carbonyl (C=O) groups is 4. The van der Waals surface area contributed by atoms with Crippen molar-refractivity contribution < 1.29 is 33.8 Å². The van der Waals surface area contributed by atoms with E-state index in [1.165, 1.54) is 11.8 Å². The van der Waals surface area contributed by atoms with Crippen molar-refractivity contribution in [1.82, 2.24) is 0 Å². The minimum Gasteiger partial charge on any atom is -0.479 e. The Morgan fingerprint density at radius 2 is 1.57 bits per heavy atom. The van der Waals surface area contributed by atoms with Gasteiger partial charge in [-0.25, -0.2) is 4.79 Å². The summed E-state index contributed by atoms with van der Waals surface area (Å²) in [6.45, 7) is 9.89. The Bertz CT molecular complexity index is 1170. The van der Waals surface area contributed by atoms with Gasteiger partial charge in [-0.1, -0.05) is 62.4 Å². The first-order valence-corrected chi connectivity index (χ1v) is 12.4. The van der Waals surface area contributed by atoms with Crippen LogP contribution in [0.2, 0.25) is 0 Å². The lowest BCUT2D eigenvalue weighted by atomic mass is 9.90. The zero-order valence-corrected chi connectivity index (χ0v) is 22.2. The number of fused-ring (bicyclic) bond motifs is 1. The van der Waals surface area contributed by atoms with Crippen molar-refractivity contribution in [2.45, 2.75) is 66.2 Å². The molecule has 2 aromatic carbocycles.